The molecule has 13 nitrogen and oxygen atoms in total. The van der Waals surface area contributed by atoms with Crippen molar-refractivity contribution in [3.05, 3.63) is 11.6 Å². The van der Waals surface area contributed by atoms with Crippen LogP contribution in [0.3, 0.4) is 0 Å². The number of nitrogens with zero attached hydrogens (tertiary/aromatic N) is 1. The Balaban J connectivity index is 2.22. The zero-order valence-corrected chi connectivity index (χ0v) is 33.4. The third-order valence-corrected chi connectivity index (χ3v) is 11.6. The standard InChI is InChI=1S/C38H67NO12/c1-15-27-36(8,44)17-20(2)29(40)21(3)18-38(10,46-14)33(51-35-30(41)26(39(11)12)16-22(4)47-35)23(5)31(24(6)34(43)49-27)50-28-19-37(9,45-13)32(42)25(7)48-28/h17,21-28,30-33,35,41-42,44H,15-16,18-19H2,1-14H3/b20-17-/t21?,22-,23?,24?,25+,26+,27?,28?,30-,31?,32+,33?,35?,36?,37-,38?/m1/s1. The molecule has 51 heavy (non-hydrogen) atoms. The minimum absolute atomic E-state index is 0.154. The van der Waals surface area contributed by atoms with E-state index in [1.165, 1.54) is 27.2 Å². The number of aliphatic hydroxyl groups is 3. The number of carbonyl (C=O) groups is 2. The Bertz CT molecular complexity index is 1210. The molecule has 0 aromatic carbocycles. The van der Waals surface area contributed by atoms with Crippen LogP contribution >= 0.6 is 0 Å². The van der Waals surface area contributed by atoms with E-state index in [1.807, 2.05) is 39.8 Å². The molecule has 2 saturated heterocycles. The summed E-state index contributed by atoms with van der Waals surface area (Å²) in [6, 6.07) is -0.260. The van der Waals surface area contributed by atoms with E-state index in [4.69, 9.17) is 33.2 Å². The Morgan fingerprint density at radius 1 is 0.941 bits per heavy atom. The molecule has 0 radical (unpaired) electrons. The number of rotatable bonds is 8. The van der Waals surface area contributed by atoms with E-state index >= 15 is 0 Å². The number of ether oxygens (including phenoxy) is 7. The minimum atomic E-state index is -1.64. The Hall–Kier alpha value is -1.52. The van der Waals surface area contributed by atoms with Gasteiger partial charge in [-0.05, 0) is 93.5 Å². The molecule has 0 aliphatic carbocycles. The molecule has 16 atom stereocenters. The normalized spacial score (nSPS) is 47.7. The fourth-order valence-corrected chi connectivity index (χ4v) is 8.27. The van der Waals surface area contributed by atoms with Gasteiger partial charge < -0.3 is 53.4 Å². The van der Waals surface area contributed by atoms with Crippen molar-refractivity contribution >= 4 is 11.8 Å². The first-order chi connectivity index (χ1) is 23.5. The average molecular weight is 730 g/mol. The smallest absolute Gasteiger partial charge is 0.311 e. The summed E-state index contributed by atoms with van der Waals surface area (Å²) in [6.45, 7) is 17.6. The third kappa shape index (κ3) is 9.78. The number of ketones is 1. The summed E-state index contributed by atoms with van der Waals surface area (Å²) in [6.07, 6.45) is -4.99. The SMILES string of the molecule is CCC1OC(=O)C(C)C(OC2C[C@@](C)(OC)[C@@H](O)[C@H](C)O2)C(C)C(OC2O[C@H](C)C[C@H](N(C)C)[C@H]2O)C(C)(OC)CC(C)C(=O)/C(C)=C\C1(C)O. The molecule has 2 fully saturated rings. The molecule has 3 rings (SSSR count). The lowest BCUT2D eigenvalue weighted by molar-refractivity contribution is -0.319. The van der Waals surface area contributed by atoms with Gasteiger partial charge in [-0.1, -0.05) is 20.8 Å². The highest BCUT2D eigenvalue weighted by Crippen LogP contribution is 2.41. The van der Waals surface area contributed by atoms with Gasteiger partial charge in [0.15, 0.2) is 18.4 Å². The summed E-state index contributed by atoms with van der Waals surface area (Å²) < 4.78 is 44.0. The molecule has 0 spiro atoms. The van der Waals surface area contributed by atoms with Gasteiger partial charge in [0, 0.05) is 38.5 Å². The van der Waals surface area contributed by atoms with Gasteiger partial charge in [-0.2, -0.15) is 0 Å². The first kappa shape index (κ1) is 43.9. The molecule has 0 amide bonds. The summed E-state index contributed by atoms with van der Waals surface area (Å²) in [7, 11) is 6.84. The minimum Gasteiger partial charge on any atom is -0.459 e. The summed E-state index contributed by atoms with van der Waals surface area (Å²) in [5.74, 6) is -3.03. The molecule has 0 saturated carbocycles. The van der Waals surface area contributed by atoms with Gasteiger partial charge in [0.25, 0.3) is 0 Å². The van der Waals surface area contributed by atoms with Crippen LogP contribution in [0.1, 0.15) is 94.9 Å². The Morgan fingerprint density at radius 2 is 1.55 bits per heavy atom. The monoisotopic (exact) mass is 729 g/mol. The number of methoxy groups -OCH3 is 2. The lowest BCUT2D eigenvalue weighted by atomic mass is 9.76. The first-order valence-electron chi connectivity index (χ1n) is 18.5. The number of likely N-dealkylation sites (N-methyl/N-ethyl adjacent to an activating group) is 1. The summed E-state index contributed by atoms with van der Waals surface area (Å²) in [5, 5.41) is 34.0. The van der Waals surface area contributed by atoms with Gasteiger partial charge >= 0.3 is 5.97 Å². The summed E-state index contributed by atoms with van der Waals surface area (Å²) >= 11 is 0. The lowest BCUT2D eigenvalue weighted by Gasteiger charge is -2.49. The fraction of sp³-hybridized carbons (Fsp3) is 0.895. The van der Waals surface area contributed by atoms with Crippen LogP contribution in [0, 0.1) is 17.8 Å². The highest BCUT2D eigenvalue weighted by Gasteiger charge is 2.52. The largest absolute Gasteiger partial charge is 0.459 e. The fourth-order valence-electron chi connectivity index (χ4n) is 8.27. The molecule has 10 unspecified atom stereocenters. The van der Waals surface area contributed by atoms with E-state index < -0.39 is 89.7 Å². The maximum Gasteiger partial charge on any atom is 0.311 e. The molecule has 3 N–H and O–H groups in total. The van der Waals surface area contributed by atoms with Crippen molar-refractivity contribution in [3.8, 4) is 0 Å². The van der Waals surface area contributed by atoms with Crippen LogP contribution < -0.4 is 0 Å². The molecular formula is C38H67NO12. The van der Waals surface area contributed by atoms with E-state index in [1.54, 1.807) is 41.5 Å². The molecule has 3 aliphatic heterocycles. The summed E-state index contributed by atoms with van der Waals surface area (Å²) in [5.41, 5.74) is -3.50. The van der Waals surface area contributed by atoms with E-state index in [0.29, 0.717) is 12.0 Å². The van der Waals surface area contributed by atoms with Crippen molar-refractivity contribution < 1.29 is 58.1 Å². The number of hydrogen-bond donors (Lipinski definition) is 3. The second-order valence-electron chi connectivity index (χ2n) is 16.2. The van der Waals surface area contributed by atoms with Crippen molar-refractivity contribution in [3.63, 3.8) is 0 Å². The van der Waals surface area contributed by atoms with Crippen LogP contribution in [0.15, 0.2) is 11.6 Å². The van der Waals surface area contributed by atoms with Crippen molar-refractivity contribution in [2.24, 2.45) is 17.8 Å². The zero-order chi connectivity index (χ0) is 38.8. The van der Waals surface area contributed by atoms with E-state index in [2.05, 4.69) is 0 Å². The quantitative estimate of drug-likeness (QED) is 0.312. The van der Waals surface area contributed by atoms with Gasteiger partial charge in [0.05, 0.1) is 41.5 Å². The van der Waals surface area contributed by atoms with Gasteiger partial charge in [-0.15, -0.1) is 0 Å². The van der Waals surface area contributed by atoms with E-state index in [-0.39, 0.29) is 37.2 Å². The number of carbonyl (C=O) groups excluding carboxylic acids is 2. The predicted octanol–water partition coefficient (Wildman–Crippen LogP) is 3.39. The van der Waals surface area contributed by atoms with Crippen LogP contribution in [0.2, 0.25) is 0 Å². The number of esters is 1. The van der Waals surface area contributed by atoms with Crippen molar-refractivity contribution in [2.45, 2.75) is 173 Å². The van der Waals surface area contributed by atoms with Crippen LogP contribution in [0.4, 0.5) is 0 Å². The number of hydrogen-bond acceptors (Lipinski definition) is 13. The predicted molar refractivity (Wildman–Crippen MR) is 190 cm³/mol. The van der Waals surface area contributed by atoms with Gasteiger partial charge in [-0.25, -0.2) is 0 Å². The van der Waals surface area contributed by atoms with E-state index in [0.717, 1.165) is 0 Å². The van der Waals surface area contributed by atoms with Gasteiger partial charge in [0.1, 0.15) is 23.9 Å². The number of allylic oxidation sites excluding steroid dienone is 1. The summed E-state index contributed by atoms with van der Waals surface area (Å²) in [4.78, 5) is 29.9. The molecule has 0 aromatic heterocycles. The molecule has 13 heteroatoms. The second-order valence-corrected chi connectivity index (χ2v) is 16.2. The zero-order valence-electron chi connectivity index (χ0n) is 33.4. The number of Topliss-reactive ketones (excluding diaryl/α,β-unsaturated/α-hetero) is 1. The maximum absolute atomic E-state index is 14.1. The van der Waals surface area contributed by atoms with Gasteiger partial charge in [0.2, 0.25) is 0 Å². The number of aliphatic hydroxyl groups excluding tert-OH is 2. The topological polar surface area (TPSA) is 163 Å². The first-order valence-corrected chi connectivity index (χ1v) is 18.5. The maximum atomic E-state index is 14.1. The Morgan fingerprint density at radius 3 is 2.10 bits per heavy atom. The third-order valence-electron chi connectivity index (χ3n) is 11.6. The second kappa shape index (κ2) is 17.3. The van der Waals surface area contributed by atoms with Crippen LogP contribution in [0.5, 0.6) is 0 Å². The van der Waals surface area contributed by atoms with Crippen LogP contribution in [-0.2, 0) is 42.7 Å². The van der Waals surface area contributed by atoms with Crippen LogP contribution in [-0.4, -0.2) is 138 Å². The molecule has 296 valence electrons. The van der Waals surface area contributed by atoms with Crippen molar-refractivity contribution in [2.75, 3.05) is 28.3 Å². The molecule has 0 aromatic rings. The van der Waals surface area contributed by atoms with Crippen molar-refractivity contribution in [1.82, 2.24) is 4.90 Å². The van der Waals surface area contributed by atoms with Gasteiger partial charge in [-0.3, -0.25) is 9.59 Å². The van der Waals surface area contributed by atoms with Crippen molar-refractivity contribution in [1.29, 1.82) is 0 Å². The number of cyclic esters (lactones) is 1. The average Bonchev–Trinajstić information content (AvgIpc) is 3.06. The molecule has 0 bridgehead atoms. The Labute approximate surface area is 305 Å². The highest BCUT2D eigenvalue weighted by atomic mass is 16.7. The molecular weight excluding hydrogens is 662 g/mol. The molecule has 3 heterocycles. The Kier molecular flexibility index (Phi) is 14.9. The lowest BCUT2D eigenvalue weighted by Crippen LogP contribution is -2.61. The van der Waals surface area contributed by atoms with E-state index in [9.17, 15) is 24.9 Å². The highest BCUT2D eigenvalue weighted by molar-refractivity contribution is 5.96. The molecule has 3 aliphatic rings. The van der Waals surface area contributed by atoms with Crippen LogP contribution in [0.25, 0.3) is 0 Å².